The van der Waals surface area contributed by atoms with Gasteiger partial charge in [-0.05, 0) is 18.2 Å². The molecule has 0 aliphatic carbocycles. The van der Waals surface area contributed by atoms with Crippen molar-refractivity contribution in [1.82, 2.24) is 5.32 Å². The van der Waals surface area contributed by atoms with Crippen molar-refractivity contribution >= 4 is 40.6 Å². The first-order chi connectivity index (χ1) is 12.5. The highest BCUT2D eigenvalue weighted by molar-refractivity contribution is 7.84. The van der Waals surface area contributed by atoms with Crippen LogP contribution in [0.2, 0.25) is 0 Å². The van der Waals surface area contributed by atoms with Crippen LogP contribution in [0.1, 0.15) is 11.0 Å². The number of benzene rings is 1. The molecule has 0 spiro atoms. The second-order valence-corrected chi connectivity index (χ2v) is 6.68. The number of nitrogens with one attached hydrogen (secondary N) is 1. The highest BCUT2D eigenvalue weighted by Gasteiger charge is 2.36. The van der Waals surface area contributed by atoms with E-state index < -0.39 is 17.0 Å². The summed E-state index contributed by atoms with van der Waals surface area (Å²) in [7, 11) is 1.50. The van der Waals surface area contributed by atoms with Crippen LogP contribution in [0.5, 0.6) is 5.75 Å². The minimum Gasteiger partial charge on any atom is -0.495 e. The maximum absolute atomic E-state index is 12.3. The number of para-hydroxylation sites is 2. The molecule has 0 fully saturated rings. The summed E-state index contributed by atoms with van der Waals surface area (Å²) in [4.78, 5) is 24.9. The average molecular weight is 388 g/mol. The van der Waals surface area contributed by atoms with Gasteiger partial charge in [0.05, 0.1) is 27.6 Å². The first-order valence-corrected chi connectivity index (χ1v) is 8.55. The Labute approximate surface area is 157 Å². The Morgan fingerprint density at radius 2 is 2.12 bits per heavy atom. The van der Waals surface area contributed by atoms with Crippen LogP contribution >= 0.6 is 24.0 Å². The fraction of sp³-hybridized carbons (Fsp3) is 0.125. The molecule has 1 atom stereocenters. The minimum atomic E-state index is -0.762. The van der Waals surface area contributed by atoms with Gasteiger partial charge in [-0.25, -0.2) is 0 Å². The van der Waals surface area contributed by atoms with Crippen molar-refractivity contribution in [2.45, 2.75) is 6.17 Å². The molecule has 8 nitrogen and oxygen atoms in total. The number of amides is 1. The van der Waals surface area contributed by atoms with E-state index in [9.17, 15) is 20.2 Å². The highest BCUT2D eigenvalue weighted by Crippen LogP contribution is 2.42. The van der Waals surface area contributed by atoms with E-state index in [0.717, 1.165) is 11.3 Å². The maximum Gasteiger partial charge on any atom is 0.324 e. The zero-order chi connectivity index (χ0) is 18.8. The molecule has 132 valence electrons. The largest absolute Gasteiger partial charge is 0.495 e. The number of thiophene rings is 1. The maximum atomic E-state index is 12.3. The van der Waals surface area contributed by atoms with E-state index in [1.807, 2.05) is 6.07 Å². The number of hydrogen-bond acceptors (Lipinski definition) is 8. The average Bonchev–Trinajstić information content (AvgIpc) is 3.12. The normalized spacial score (nSPS) is 16.9. The third-order valence-electron chi connectivity index (χ3n) is 3.72. The van der Waals surface area contributed by atoms with Crippen molar-refractivity contribution < 1.29 is 14.5 Å². The molecular weight excluding hydrogens is 376 g/mol. The lowest BCUT2D eigenvalue weighted by atomic mass is 10.1. The number of methoxy groups -OCH3 is 1. The summed E-state index contributed by atoms with van der Waals surface area (Å²) in [6.07, 6.45) is -0.762. The number of nitrogens with zero attached hydrogens (tertiary/aromatic N) is 3. The van der Waals surface area contributed by atoms with Gasteiger partial charge in [0.25, 0.3) is 5.91 Å². The van der Waals surface area contributed by atoms with Crippen LogP contribution in [0.3, 0.4) is 0 Å². The van der Waals surface area contributed by atoms with Crippen LogP contribution in [0.15, 0.2) is 47.0 Å². The van der Waals surface area contributed by atoms with Crippen molar-refractivity contribution in [3.8, 4) is 11.8 Å². The highest BCUT2D eigenvalue weighted by atomic mass is 32.1. The minimum absolute atomic E-state index is 0.0509. The van der Waals surface area contributed by atoms with Crippen LogP contribution in [-0.4, -0.2) is 17.9 Å². The molecule has 1 aromatic carbocycles. The Morgan fingerprint density at radius 1 is 1.38 bits per heavy atom. The third-order valence-corrected chi connectivity index (χ3v) is 5.25. The number of thiol groups is 1. The number of carbonyl (C=O) groups is 1. The molecule has 0 saturated heterocycles. The molecule has 1 unspecified atom stereocenters. The first-order valence-electron chi connectivity index (χ1n) is 7.28. The van der Waals surface area contributed by atoms with Crippen LogP contribution in [0, 0.1) is 21.4 Å². The molecule has 2 aromatic rings. The fourth-order valence-electron chi connectivity index (χ4n) is 2.57. The summed E-state index contributed by atoms with van der Waals surface area (Å²) in [5.41, 5.74) is 0.412. The Hall–Kier alpha value is -3.03. The number of nitro groups is 1. The third kappa shape index (κ3) is 2.98. The van der Waals surface area contributed by atoms with Gasteiger partial charge in [-0.1, -0.05) is 23.5 Å². The number of carbonyl (C=O) groups excluding carboxylic acids is 1. The van der Waals surface area contributed by atoms with Gasteiger partial charge in [0.1, 0.15) is 23.6 Å². The smallest absolute Gasteiger partial charge is 0.324 e. The summed E-state index contributed by atoms with van der Waals surface area (Å²) in [5.74, 6) is -0.0896. The van der Waals surface area contributed by atoms with Crippen molar-refractivity contribution in [1.29, 1.82) is 5.26 Å². The van der Waals surface area contributed by atoms with E-state index in [1.165, 1.54) is 13.2 Å². The second-order valence-electron chi connectivity index (χ2n) is 5.16. The fourth-order valence-corrected chi connectivity index (χ4v) is 3.81. The molecular formula is C16H12N4O4S2. The molecule has 1 amide bonds. The number of anilines is 1. The van der Waals surface area contributed by atoms with Crippen LogP contribution in [0.4, 0.5) is 10.7 Å². The van der Waals surface area contributed by atoms with Gasteiger partial charge >= 0.3 is 5.00 Å². The molecule has 26 heavy (non-hydrogen) atoms. The molecule has 1 aromatic heterocycles. The monoisotopic (exact) mass is 388 g/mol. The van der Waals surface area contributed by atoms with E-state index >= 15 is 0 Å². The summed E-state index contributed by atoms with van der Waals surface area (Å²) in [6.45, 7) is 0. The Morgan fingerprint density at radius 3 is 2.73 bits per heavy atom. The van der Waals surface area contributed by atoms with Gasteiger partial charge in [-0.2, -0.15) is 5.26 Å². The lowest BCUT2D eigenvalue weighted by molar-refractivity contribution is -0.380. The quantitative estimate of drug-likeness (QED) is 0.474. The zero-order valence-corrected chi connectivity index (χ0v) is 15.1. The molecule has 0 bridgehead atoms. The van der Waals surface area contributed by atoms with E-state index in [0.29, 0.717) is 16.3 Å². The van der Waals surface area contributed by atoms with Crippen molar-refractivity contribution in [2.75, 3.05) is 12.0 Å². The lowest BCUT2D eigenvalue weighted by Gasteiger charge is -2.37. The molecule has 1 aliphatic heterocycles. The summed E-state index contributed by atoms with van der Waals surface area (Å²) >= 11 is 5.32. The van der Waals surface area contributed by atoms with E-state index in [1.54, 1.807) is 35.2 Å². The molecule has 0 radical (unpaired) electrons. The van der Waals surface area contributed by atoms with Crippen LogP contribution in [0.25, 0.3) is 0 Å². The molecule has 2 heterocycles. The number of rotatable bonds is 4. The number of nitriles is 1. The van der Waals surface area contributed by atoms with E-state index in [-0.39, 0.29) is 15.6 Å². The lowest BCUT2D eigenvalue weighted by Crippen LogP contribution is -2.45. The van der Waals surface area contributed by atoms with Gasteiger partial charge in [0.2, 0.25) is 0 Å². The number of hydrogen-bond donors (Lipinski definition) is 2. The molecule has 1 aliphatic rings. The zero-order valence-electron chi connectivity index (χ0n) is 13.4. The van der Waals surface area contributed by atoms with Crippen LogP contribution in [-0.2, 0) is 4.79 Å². The van der Waals surface area contributed by atoms with Crippen molar-refractivity contribution in [3.63, 3.8) is 0 Å². The second kappa shape index (κ2) is 7.07. The molecule has 10 heteroatoms. The topological polar surface area (TPSA) is 108 Å². The predicted molar refractivity (Wildman–Crippen MR) is 99.0 cm³/mol. The Bertz CT molecular complexity index is 963. The summed E-state index contributed by atoms with van der Waals surface area (Å²) in [5, 5.41) is 23.1. The SMILES string of the molecule is COc1ccccc1N1C(S)=C(C#N)C(=O)NC1c1ccc([N+](=O)[O-])s1. The van der Waals surface area contributed by atoms with Crippen molar-refractivity contribution in [3.05, 3.63) is 62.0 Å². The standard InChI is InChI=1S/C16H12N4O4S2/c1-24-11-5-3-2-4-10(11)19-14(12-6-7-13(26-12)20(22)23)18-15(21)9(8-17)16(19)25/h2-7,14,25H,1H3,(H,18,21). The molecule has 1 N–H and O–H groups in total. The van der Waals surface area contributed by atoms with Gasteiger partial charge in [0.15, 0.2) is 0 Å². The van der Waals surface area contributed by atoms with E-state index in [4.69, 9.17) is 4.74 Å². The van der Waals surface area contributed by atoms with Gasteiger partial charge in [-0.15, -0.1) is 12.6 Å². The van der Waals surface area contributed by atoms with Gasteiger partial charge in [-0.3, -0.25) is 14.9 Å². The number of ether oxygens (including phenoxy) is 1. The summed E-state index contributed by atoms with van der Waals surface area (Å²) < 4.78 is 5.37. The Balaban J connectivity index is 2.18. The van der Waals surface area contributed by atoms with Gasteiger partial charge in [0, 0.05) is 6.07 Å². The van der Waals surface area contributed by atoms with Crippen molar-refractivity contribution in [2.24, 2.45) is 0 Å². The predicted octanol–water partition coefficient (Wildman–Crippen LogP) is 2.96. The Kier molecular flexibility index (Phi) is 4.83. The first kappa shape index (κ1) is 17.8. The summed E-state index contributed by atoms with van der Waals surface area (Å²) in [6, 6.07) is 11.8. The molecule has 0 saturated carbocycles. The van der Waals surface area contributed by atoms with Gasteiger partial charge < -0.3 is 15.0 Å². The molecule has 3 rings (SSSR count). The van der Waals surface area contributed by atoms with Crippen LogP contribution < -0.4 is 15.0 Å². The van der Waals surface area contributed by atoms with E-state index in [2.05, 4.69) is 17.9 Å².